The van der Waals surface area contributed by atoms with Crippen molar-refractivity contribution >= 4 is 17.7 Å². The molecule has 2 heterocycles. The summed E-state index contributed by atoms with van der Waals surface area (Å²) in [4.78, 5) is 19.5. The van der Waals surface area contributed by atoms with E-state index in [1.54, 1.807) is 12.4 Å². The average Bonchev–Trinajstić information content (AvgIpc) is 3.22. The van der Waals surface area contributed by atoms with Crippen molar-refractivity contribution in [2.45, 2.75) is 19.6 Å². The molecule has 0 aliphatic rings. The van der Waals surface area contributed by atoms with Crippen LogP contribution in [0.2, 0.25) is 0 Å². The highest BCUT2D eigenvalue weighted by Crippen LogP contribution is 2.16. The van der Waals surface area contributed by atoms with Gasteiger partial charge in [0.25, 0.3) is 0 Å². The van der Waals surface area contributed by atoms with Crippen molar-refractivity contribution in [1.82, 2.24) is 19.7 Å². The summed E-state index contributed by atoms with van der Waals surface area (Å²) in [5.41, 5.74) is 3.51. The van der Waals surface area contributed by atoms with E-state index in [0.717, 1.165) is 18.1 Å². The van der Waals surface area contributed by atoms with Gasteiger partial charge in [0.1, 0.15) is 5.82 Å². The SMILES string of the molecule is Cc1cc(-n2cccn2)ccc1CNc1ccnc(N(C)C)n1.O=C(O)C(F)(F)F. The Hall–Kier alpha value is -3.63. The zero-order valence-corrected chi connectivity index (χ0v) is 16.6. The van der Waals surface area contributed by atoms with E-state index >= 15 is 0 Å². The van der Waals surface area contributed by atoms with Gasteiger partial charge >= 0.3 is 12.1 Å². The second-order valence-corrected chi connectivity index (χ2v) is 6.35. The third-order valence-corrected chi connectivity index (χ3v) is 3.84. The summed E-state index contributed by atoms with van der Waals surface area (Å²) < 4.78 is 33.6. The quantitative estimate of drug-likeness (QED) is 0.651. The van der Waals surface area contributed by atoms with Gasteiger partial charge in [-0.1, -0.05) is 6.07 Å². The standard InChI is InChI=1S/C17H20N6.C2HF3O2/c1-13-11-15(23-10-4-8-20-23)6-5-14(13)12-19-16-7-9-18-17(21-16)22(2)3;3-2(4,5)1(6)7/h4-11H,12H2,1-3H3,(H,18,19,21);(H,6,7). The molecule has 0 aliphatic carbocycles. The number of nitrogens with zero attached hydrogens (tertiary/aromatic N) is 5. The van der Waals surface area contributed by atoms with Crippen LogP contribution in [-0.2, 0) is 11.3 Å². The van der Waals surface area contributed by atoms with E-state index in [1.165, 1.54) is 11.1 Å². The maximum Gasteiger partial charge on any atom is 0.490 e. The number of rotatable bonds is 5. The fraction of sp³-hybridized carbons (Fsp3) is 0.263. The lowest BCUT2D eigenvalue weighted by Crippen LogP contribution is -2.21. The maximum atomic E-state index is 10.6. The molecule has 3 rings (SSSR count). The molecule has 30 heavy (non-hydrogen) atoms. The minimum absolute atomic E-state index is 0.695. The van der Waals surface area contributed by atoms with Crippen molar-refractivity contribution in [1.29, 1.82) is 0 Å². The third-order valence-electron chi connectivity index (χ3n) is 3.84. The molecular weight excluding hydrogens is 401 g/mol. The lowest BCUT2D eigenvalue weighted by atomic mass is 10.1. The van der Waals surface area contributed by atoms with Crippen LogP contribution >= 0.6 is 0 Å². The van der Waals surface area contributed by atoms with Crippen molar-refractivity contribution in [3.8, 4) is 5.69 Å². The van der Waals surface area contributed by atoms with Gasteiger partial charge in [-0.3, -0.25) is 0 Å². The van der Waals surface area contributed by atoms with E-state index < -0.39 is 12.1 Å². The Morgan fingerprint density at radius 1 is 1.23 bits per heavy atom. The number of aryl methyl sites for hydroxylation is 1. The third kappa shape index (κ3) is 6.47. The molecule has 1 aromatic carbocycles. The Kier molecular flexibility index (Phi) is 7.34. The Bertz CT molecular complexity index is 975. The minimum atomic E-state index is -5.08. The monoisotopic (exact) mass is 422 g/mol. The molecule has 0 aliphatic heterocycles. The molecule has 2 N–H and O–H groups in total. The zero-order chi connectivity index (χ0) is 22.3. The zero-order valence-electron chi connectivity index (χ0n) is 16.6. The summed E-state index contributed by atoms with van der Waals surface area (Å²) in [7, 11) is 3.86. The number of benzene rings is 1. The molecule has 0 saturated heterocycles. The number of aromatic nitrogens is 4. The van der Waals surface area contributed by atoms with Gasteiger partial charge in [-0.2, -0.15) is 23.3 Å². The topological polar surface area (TPSA) is 96.2 Å². The van der Waals surface area contributed by atoms with Crippen molar-refractivity contribution in [2.75, 3.05) is 24.3 Å². The van der Waals surface area contributed by atoms with Gasteiger partial charge in [-0.25, -0.2) is 14.5 Å². The van der Waals surface area contributed by atoms with Gasteiger partial charge < -0.3 is 15.3 Å². The summed E-state index contributed by atoms with van der Waals surface area (Å²) in [6, 6.07) is 10.1. The van der Waals surface area contributed by atoms with Crippen molar-refractivity contribution in [3.63, 3.8) is 0 Å². The number of nitrogens with one attached hydrogen (secondary N) is 1. The first-order valence-electron chi connectivity index (χ1n) is 8.72. The smallest absolute Gasteiger partial charge is 0.475 e. The number of hydrogen-bond donors (Lipinski definition) is 2. The van der Waals surface area contributed by atoms with Crippen LogP contribution in [0, 0.1) is 6.92 Å². The second-order valence-electron chi connectivity index (χ2n) is 6.35. The molecule has 0 spiro atoms. The van der Waals surface area contributed by atoms with Crippen LogP contribution in [0.25, 0.3) is 5.69 Å². The molecule has 0 bridgehead atoms. The lowest BCUT2D eigenvalue weighted by molar-refractivity contribution is -0.192. The number of hydrogen-bond acceptors (Lipinski definition) is 6. The van der Waals surface area contributed by atoms with Crippen molar-refractivity contribution in [2.24, 2.45) is 0 Å². The Morgan fingerprint density at radius 2 is 1.93 bits per heavy atom. The van der Waals surface area contributed by atoms with E-state index in [-0.39, 0.29) is 0 Å². The highest BCUT2D eigenvalue weighted by atomic mass is 19.4. The second kappa shape index (κ2) is 9.72. The summed E-state index contributed by atoms with van der Waals surface area (Å²) in [5.74, 6) is -1.24. The average molecular weight is 422 g/mol. The first kappa shape index (κ1) is 22.7. The number of halogens is 3. The summed E-state index contributed by atoms with van der Waals surface area (Å²) in [6.07, 6.45) is 0.400. The maximum absolute atomic E-state index is 10.6. The predicted molar refractivity (Wildman–Crippen MR) is 106 cm³/mol. The Morgan fingerprint density at radius 3 is 2.47 bits per heavy atom. The van der Waals surface area contributed by atoms with Crippen LogP contribution in [-0.4, -0.2) is 51.1 Å². The summed E-state index contributed by atoms with van der Waals surface area (Å²) in [6.45, 7) is 2.82. The number of anilines is 2. The van der Waals surface area contributed by atoms with Crippen LogP contribution in [0.1, 0.15) is 11.1 Å². The van der Waals surface area contributed by atoms with E-state index in [1.807, 2.05) is 42.0 Å². The first-order chi connectivity index (χ1) is 14.1. The molecule has 0 radical (unpaired) electrons. The normalized spacial score (nSPS) is 10.7. The minimum Gasteiger partial charge on any atom is -0.475 e. The van der Waals surface area contributed by atoms with E-state index in [4.69, 9.17) is 9.90 Å². The van der Waals surface area contributed by atoms with Gasteiger partial charge in [0, 0.05) is 39.2 Å². The molecule has 0 unspecified atom stereocenters. The number of carbonyl (C=O) groups is 1. The Labute approximate surface area is 171 Å². The van der Waals surface area contributed by atoms with Crippen LogP contribution in [0.5, 0.6) is 0 Å². The van der Waals surface area contributed by atoms with Gasteiger partial charge in [0.05, 0.1) is 5.69 Å². The van der Waals surface area contributed by atoms with Crippen LogP contribution in [0.3, 0.4) is 0 Å². The van der Waals surface area contributed by atoms with Crippen molar-refractivity contribution < 1.29 is 23.1 Å². The van der Waals surface area contributed by atoms with Crippen molar-refractivity contribution in [3.05, 3.63) is 60.0 Å². The lowest BCUT2D eigenvalue weighted by Gasteiger charge is -2.13. The summed E-state index contributed by atoms with van der Waals surface area (Å²) >= 11 is 0. The molecule has 11 heteroatoms. The fourth-order valence-electron chi connectivity index (χ4n) is 2.29. The number of carboxylic acids is 1. The molecule has 0 amide bonds. The summed E-state index contributed by atoms with van der Waals surface area (Å²) in [5, 5.41) is 14.7. The molecule has 0 atom stereocenters. The molecule has 8 nitrogen and oxygen atoms in total. The van der Waals surface area contributed by atoms with Gasteiger partial charge in [0.15, 0.2) is 0 Å². The first-order valence-corrected chi connectivity index (χ1v) is 8.72. The molecule has 0 fully saturated rings. The largest absolute Gasteiger partial charge is 0.490 e. The molecule has 3 aromatic rings. The molecule has 0 saturated carbocycles. The van der Waals surface area contributed by atoms with E-state index in [0.29, 0.717) is 5.95 Å². The van der Waals surface area contributed by atoms with Crippen LogP contribution < -0.4 is 10.2 Å². The van der Waals surface area contributed by atoms with Gasteiger partial charge in [-0.05, 0) is 42.3 Å². The number of alkyl halides is 3. The molecule has 2 aromatic heterocycles. The predicted octanol–water partition coefficient (Wildman–Crippen LogP) is 3.28. The van der Waals surface area contributed by atoms with Crippen LogP contribution in [0.4, 0.5) is 24.9 Å². The Balaban J connectivity index is 0.000000396. The highest BCUT2D eigenvalue weighted by molar-refractivity contribution is 5.73. The number of aliphatic carboxylic acids is 1. The van der Waals surface area contributed by atoms with Crippen LogP contribution in [0.15, 0.2) is 48.9 Å². The van der Waals surface area contributed by atoms with Gasteiger partial charge in [-0.15, -0.1) is 0 Å². The molecule has 160 valence electrons. The fourth-order valence-corrected chi connectivity index (χ4v) is 2.29. The van der Waals surface area contributed by atoms with Gasteiger partial charge in [0.2, 0.25) is 5.95 Å². The highest BCUT2D eigenvalue weighted by Gasteiger charge is 2.38. The van der Waals surface area contributed by atoms with E-state index in [2.05, 4.69) is 45.5 Å². The molecular formula is C19H21F3N6O2. The van der Waals surface area contributed by atoms with E-state index in [9.17, 15) is 13.2 Å². The number of carboxylic acid groups (broad SMARTS) is 1.